The lowest BCUT2D eigenvalue weighted by molar-refractivity contribution is -0.147. The van der Waals surface area contributed by atoms with Gasteiger partial charge in [-0.05, 0) is 43.7 Å². The number of hydrogen-bond donors (Lipinski definition) is 1. The first-order valence-corrected chi connectivity index (χ1v) is 7.19. The molecule has 1 saturated heterocycles. The molecule has 2 fully saturated rings. The Morgan fingerprint density at radius 1 is 1.25 bits per heavy atom. The van der Waals surface area contributed by atoms with Crippen LogP contribution in [-0.2, 0) is 16.1 Å². The van der Waals surface area contributed by atoms with Crippen LogP contribution < -0.4 is 5.32 Å². The van der Waals surface area contributed by atoms with Crippen LogP contribution in [0.2, 0.25) is 0 Å². The highest BCUT2D eigenvalue weighted by atomic mass is 16.2. The van der Waals surface area contributed by atoms with E-state index in [2.05, 4.69) is 30.4 Å². The van der Waals surface area contributed by atoms with E-state index in [1.54, 1.807) is 4.90 Å². The number of nitrogens with zero attached hydrogens (tertiary/aromatic N) is 1. The summed E-state index contributed by atoms with van der Waals surface area (Å²) in [4.78, 5) is 26.0. The van der Waals surface area contributed by atoms with Crippen LogP contribution in [0.25, 0.3) is 0 Å². The van der Waals surface area contributed by atoms with Crippen LogP contribution in [0.1, 0.15) is 29.5 Å². The van der Waals surface area contributed by atoms with Gasteiger partial charge in [-0.1, -0.05) is 23.8 Å². The smallest absolute Gasteiger partial charge is 0.243 e. The van der Waals surface area contributed by atoms with E-state index < -0.39 is 0 Å². The largest absolute Gasteiger partial charge is 0.345 e. The molecule has 1 saturated carbocycles. The van der Waals surface area contributed by atoms with Crippen molar-refractivity contribution in [3.63, 3.8) is 0 Å². The molecule has 3 rings (SSSR count). The van der Waals surface area contributed by atoms with Crippen LogP contribution >= 0.6 is 0 Å². The number of amides is 2. The van der Waals surface area contributed by atoms with E-state index in [0.29, 0.717) is 12.5 Å². The van der Waals surface area contributed by atoms with E-state index >= 15 is 0 Å². The Kier molecular flexibility index (Phi) is 3.24. The van der Waals surface area contributed by atoms with Gasteiger partial charge in [-0.2, -0.15) is 0 Å². The summed E-state index contributed by atoms with van der Waals surface area (Å²) < 4.78 is 0. The van der Waals surface area contributed by atoms with Crippen molar-refractivity contribution in [2.75, 3.05) is 6.54 Å². The summed E-state index contributed by atoms with van der Waals surface area (Å²) in [5.74, 6) is 0.393. The van der Waals surface area contributed by atoms with Gasteiger partial charge in [0.25, 0.3) is 0 Å². The lowest BCUT2D eigenvalue weighted by Crippen LogP contribution is -2.58. The fourth-order valence-electron chi connectivity index (χ4n) is 2.89. The van der Waals surface area contributed by atoms with Crippen molar-refractivity contribution in [1.29, 1.82) is 0 Å². The predicted octanol–water partition coefficient (Wildman–Crippen LogP) is 1.54. The van der Waals surface area contributed by atoms with Gasteiger partial charge in [0.1, 0.15) is 6.04 Å². The Balaban J connectivity index is 1.87. The molecule has 1 aliphatic heterocycles. The Labute approximate surface area is 119 Å². The number of carbonyl (C=O) groups is 2. The Bertz CT molecular complexity index is 564. The summed E-state index contributed by atoms with van der Waals surface area (Å²) in [6.45, 7) is 4.77. The summed E-state index contributed by atoms with van der Waals surface area (Å²) in [5, 5.41) is 2.71. The molecular formula is C16H20N2O2. The number of aryl methyl sites for hydroxylation is 2. The van der Waals surface area contributed by atoms with Gasteiger partial charge in [-0.25, -0.2) is 0 Å². The maximum atomic E-state index is 12.2. The predicted molar refractivity (Wildman–Crippen MR) is 76.0 cm³/mol. The molecule has 0 aromatic heterocycles. The van der Waals surface area contributed by atoms with Crippen molar-refractivity contribution in [3.05, 3.63) is 34.9 Å². The number of benzene rings is 1. The average Bonchev–Trinajstić information content (AvgIpc) is 3.22. The molecular weight excluding hydrogens is 252 g/mol. The number of piperazine rings is 1. The molecule has 4 nitrogen and oxygen atoms in total. The highest BCUT2D eigenvalue weighted by Gasteiger charge is 2.44. The minimum absolute atomic E-state index is 0.0115. The van der Waals surface area contributed by atoms with Gasteiger partial charge in [0.15, 0.2) is 0 Å². The third kappa shape index (κ3) is 2.42. The molecule has 1 aromatic carbocycles. The molecule has 20 heavy (non-hydrogen) atoms. The summed E-state index contributed by atoms with van der Waals surface area (Å²) >= 11 is 0. The van der Waals surface area contributed by atoms with Gasteiger partial charge >= 0.3 is 0 Å². The molecule has 1 heterocycles. The molecule has 1 atom stereocenters. The molecule has 2 amide bonds. The highest BCUT2D eigenvalue weighted by molar-refractivity contribution is 5.95. The zero-order valence-corrected chi connectivity index (χ0v) is 12.0. The first-order chi connectivity index (χ1) is 9.56. The van der Waals surface area contributed by atoms with Crippen molar-refractivity contribution in [1.82, 2.24) is 10.2 Å². The molecule has 0 bridgehead atoms. The van der Waals surface area contributed by atoms with Crippen LogP contribution in [0.4, 0.5) is 0 Å². The summed E-state index contributed by atoms with van der Waals surface area (Å²) in [6.07, 6.45) is 2.10. The molecule has 2 aliphatic rings. The van der Waals surface area contributed by atoms with Gasteiger partial charge < -0.3 is 10.2 Å². The van der Waals surface area contributed by atoms with Crippen molar-refractivity contribution in [2.24, 2.45) is 5.92 Å². The quantitative estimate of drug-likeness (QED) is 0.907. The van der Waals surface area contributed by atoms with E-state index in [0.717, 1.165) is 18.4 Å². The van der Waals surface area contributed by atoms with E-state index in [-0.39, 0.29) is 24.4 Å². The Hall–Kier alpha value is -1.84. The van der Waals surface area contributed by atoms with Crippen molar-refractivity contribution < 1.29 is 9.59 Å². The van der Waals surface area contributed by atoms with Gasteiger partial charge in [-0.15, -0.1) is 0 Å². The average molecular weight is 272 g/mol. The van der Waals surface area contributed by atoms with Crippen LogP contribution in [0.3, 0.4) is 0 Å². The van der Waals surface area contributed by atoms with E-state index in [1.807, 2.05) is 6.92 Å². The lowest BCUT2D eigenvalue weighted by atomic mass is 10.0. The van der Waals surface area contributed by atoms with Crippen molar-refractivity contribution in [2.45, 2.75) is 39.3 Å². The Morgan fingerprint density at radius 3 is 2.70 bits per heavy atom. The minimum atomic E-state index is -0.267. The summed E-state index contributed by atoms with van der Waals surface area (Å²) in [7, 11) is 0. The highest BCUT2D eigenvalue weighted by Crippen LogP contribution is 2.37. The lowest BCUT2D eigenvalue weighted by Gasteiger charge is -2.35. The second-order valence-electron chi connectivity index (χ2n) is 5.95. The second-order valence-corrected chi connectivity index (χ2v) is 5.95. The van der Waals surface area contributed by atoms with E-state index in [1.165, 1.54) is 11.1 Å². The van der Waals surface area contributed by atoms with Gasteiger partial charge in [-0.3, -0.25) is 9.59 Å². The number of carbonyl (C=O) groups excluding carboxylic acids is 2. The standard InChI is InChI=1S/C16H20N2O2/c1-10-3-4-11(2)13(7-10)9-18-14(19)8-17-16(20)15(18)12-5-6-12/h3-4,7,12,15H,5-6,8-9H2,1-2H3,(H,17,20). The van der Waals surface area contributed by atoms with Gasteiger partial charge in [0.05, 0.1) is 6.54 Å². The minimum Gasteiger partial charge on any atom is -0.345 e. The summed E-state index contributed by atoms with van der Waals surface area (Å²) in [6, 6.07) is 5.99. The first-order valence-electron chi connectivity index (χ1n) is 7.19. The summed E-state index contributed by atoms with van der Waals surface area (Å²) in [5.41, 5.74) is 3.49. The molecule has 1 aliphatic carbocycles. The first kappa shape index (κ1) is 13.2. The molecule has 106 valence electrons. The normalized spacial score (nSPS) is 22.9. The van der Waals surface area contributed by atoms with Crippen LogP contribution in [0.5, 0.6) is 0 Å². The molecule has 1 unspecified atom stereocenters. The Morgan fingerprint density at radius 2 is 2.00 bits per heavy atom. The zero-order chi connectivity index (χ0) is 14.3. The maximum absolute atomic E-state index is 12.2. The van der Waals surface area contributed by atoms with Crippen LogP contribution in [0.15, 0.2) is 18.2 Å². The second kappa shape index (κ2) is 4.93. The molecule has 0 radical (unpaired) electrons. The third-order valence-corrected chi connectivity index (χ3v) is 4.25. The van der Waals surface area contributed by atoms with Crippen molar-refractivity contribution >= 4 is 11.8 Å². The molecule has 4 heteroatoms. The topological polar surface area (TPSA) is 49.4 Å². The van der Waals surface area contributed by atoms with E-state index in [9.17, 15) is 9.59 Å². The number of nitrogens with one attached hydrogen (secondary N) is 1. The SMILES string of the molecule is Cc1ccc(C)c(CN2C(=O)CNC(=O)C2C2CC2)c1. The third-order valence-electron chi connectivity index (χ3n) is 4.25. The van der Waals surface area contributed by atoms with Crippen LogP contribution in [-0.4, -0.2) is 29.3 Å². The van der Waals surface area contributed by atoms with Gasteiger partial charge in [0, 0.05) is 6.54 Å². The van der Waals surface area contributed by atoms with Crippen molar-refractivity contribution in [3.8, 4) is 0 Å². The maximum Gasteiger partial charge on any atom is 0.243 e. The molecule has 0 spiro atoms. The van der Waals surface area contributed by atoms with Crippen LogP contribution in [0, 0.1) is 19.8 Å². The fraction of sp³-hybridized carbons (Fsp3) is 0.500. The molecule has 1 N–H and O–H groups in total. The van der Waals surface area contributed by atoms with E-state index in [4.69, 9.17) is 0 Å². The molecule has 1 aromatic rings. The number of hydrogen-bond acceptors (Lipinski definition) is 2. The fourth-order valence-corrected chi connectivity index (χ4v) is 2.89. The monoisotopic (exact) mass is 272 g/mol. The van der Waals surface area contributed by atoms with Gasteiger partial charge in [0.2, 0.25) is 11.8 Å². The zero-order valence-electron chi connectivity index (χ0n) is 12.0. The number of rotatable bonds is 3.